The van der Waals surface area contributed by atoms with Crippen molar-refractivity contribution in [1.82, 2.24) is 19.6 Å². The van der Waals surface area contributed by atoms with Gasteiger partial charge in [0.2, 0.25) is 5.16 Å². The molecule has 0 aliphatic carbocycles. The van der Waals surface area contributed by atoms with Crippen LogP contribution in [0.25, 0.3) is 5.78 Å². The first kappa shape index (κ1) is 13.6. The fourth-order valence-corrected chi connectivity index (χ4v) is 3.19. The number of benzene rings is 1. The summed E-state index contributed by atoms with van der Waals surface area (Å²) in [6.45, 7) is 3.98. The van der Waals surface area contributed by atoms with Crippen molar-refractivity contribution in [3.8, 4) is 0 Å². The molecule has 0 aliphatic heterocycles. The monoisotopic (exact) mass is 348 g/mol. The van der Waals surface area contributed by atoms with Gasteiger partial charge in [0.1, 0.15) is 0 Å². The molecule has 102 valence electrons. The van der Waals surface area contributed by atoms with Gasteiger partial charge in [0.05, 0.1) is 0 Å². The molecule has 0 bridgehead atoms. The van der Waals surface area contributed by atoms with Crippen LogP contribution in [-0.2, 0) is 5.75 Å². The van der Waals surface area contributed by atoms with Crippen LogP contribution in [0.4, 0.5) is 0 Å². The van der Waals surface area contributed by atoms with Crippen molar-refractivity contribution in [3.63, 3.8) is 0 Å². The van der Waals surface area contributed by atoms with Gasteiger partial charge in [-0.3, -0.25) is 0 Å². The largest absolute Gasteiger partial charge is 0.253 e. The molecular weight excluding hydrogens is 336 g/mol. The second-order valence-corrected chi connectivity index (χ2v) is 6.42. The summed E-state index contributed by atoms with van der Waals surface area (Å²) in [5, 5.41) is 5.24. The van der Waals surface area contributed by atoms with Crippen LogP contribution in [0.5, 0.6) is 0 Å². The maximum Gasteiger partial charge on any atom is 0.253 e. The molecule has 0 radical (unpaired) electrons. The van der Waals surface area contributed by atoms with Gasteiger partial charge in [-0.25, -0.2) is 9.50 Å². The highest BCUT2D eigenvalue weighted by atomic mass is 79.9. The molecule has 0 unspecified atom stereocenters. The summed E-state index contributed by atoms with van der Waals surface area (Å²) in [6, 6.07) is 10.3. The van der Waals surface area contributed by atoms with Gasteiger partial charge in [-0.05, 0) is 37.6 Å². The summed E-state index contributed by atoms with van der Waals surface area (Å²) in [7, 11) is 0. The molecule has 1 aromatic carbocycles. The minimum atomic E-state index is 0.666. The smallest absolute Gasteiger partial charge is 0.216 e. The Morgan fingerprint density at radius 3 is 2.85 bits per heavy atom. The van der Waals surface area contributed by atoms with Crippen LogP contribution in [0.15, 0.2) is 40.0 Å². The Morgan fingerprint density at radius 1 is 1.20 bits per heavy atom. The van der Waals surface area contributed by atoms with E-state index in [2.05, 4.69) is 43.1 Å². The van der Waals surface area contributed by atoms with Gasteiger partial charge in [0, 0.05) is 21.6 Å². The number of rotatable bonds is 3. The van der Waals surface area contributed by atoms with E-state index in [-0.39, 0.29) is 0 Å². The molecule has 4 nitrogen and oxygen atoms in total. The maximum absolute atomic E-state index is 4.49. The van der Waals surface area contributed by atoms with Gasteiger partial charge in [0.25, 0.3) is 5.78 Å². The lowest BCUT2D eigenvalue weighted by Crippen LogP contribution is -1.97. The Labute approximate surface area is 129 Å². The predicted octanol–water partition coefficient (Wildman–Crippen LogP) is 3.80. The van der Waals surface area contributed by atoms with Crippen LogP contribution in [-0.4, -0.2) is 19.6 Å². The highest BCUT2D eigenvalue weighted by molar-refractivity contribution is 9.10. The quantitative estimate of drug-likeness (QED) is 0.675. The van der Waals surface area contributed by atoms with Gasteiger partial charge in [0.15, 0.2) is 0 Å². The van der Waals surface area contributed by atoms with Crippen LogP contribution >= 0.6 is 27.7 Å². The summed E-state index contributed by atoms with van der Waals surface area (Å²) < 4.78 is 2.88. The van der Waals surface area contributed by atoms with Crippen molar-refractivity contribution in [2.24, 2.45) is 0 Å². The van der Waals surface area contributed by atoms with Gasteiger partial charge in [-0.2, -0.15) is 4.98 Å². The highest BCUT2D eigenvalue weighted by Crippen LogP contribution is 2.22. The first-order chi connectivity index (χ1) is 9.61. The lowest BCUT2D eigenvalue weighted by Gasteiger charge is -1.99. The van der Waals surface area contributed by atoms with E-state index in [0.29, 0.717) is 5.78 Å². The van der Waals surface area contributed by atoms with Gasteiger partial charge >= 0.3 is 0 Å². The average Bonchev–Trinajstić information content (AvgIpc) is 2.80. The molecule has 3 rings (SSSR count). The third-order valence-electron chi connectivity index (χ3n) is 2.86. The molecular formula is C14H13BrN4S. The van der Waals surface area contributed by atoms with E-state index in [4.69, 9.17) is 0 Å². The third kappa shape index (κ3) is 2.86. The maximum atomic E-state index is 4.49. The normalized spacial score (nSPS) is 11.2. The first-order valence-corrected chi connectivity index (χ1v) is 7.98. The zero-order valence-electron chi connectivity index (χ0n) is 11.2. The fourth-order valence-electron chi connectivity index (χ4n) is 1.98. The molecule has 0 saturated heterocycles. The Kier molecular flexibility index (Phi) is 3.76. The molecule has 0 aliphatic rings. The molecule has 20 heavy (non-hydrogen) atoms. The van der Waals surface area contributed by atoms with Gasteiger partial charge in [-0.1, -0.05) is 39.8 Å². The Hall–Kier alpha value is -1.40. The molecule has 0 amide bonds. The molecule has 0 spiro atoms. The van der Waals surface area contributed by atoms with Crippen molar-refractivity contribution in [2.45, 2.75) is 24.8 Å². The summed E-state index contributed by atoms with van der Waals surface area (Å²) in [5.74, 6) is 1.51. The van der Waals surface area contributed by atoms with E-state index >= 15 is 0 Å². The van der Waals surface area contributed by atoms with Crippen molar-refractivity contribution >= 4 is 33.5 Å². The summed E-state index contributed by atoms with van der Waals surface area (Å²) in [6.07, 6.45) is 0. The summed E-state index contributed by atoms with van der Waals surface area (Å²) in [4.78, 5) is 8.86. The Morgan fingerprint density at radius 2 is 2.05 bits per heavy atom. The zero-order valence-corrected chi connectivity index (χ0v) is 13.6. The number of fused-ring (bicyclic) bond motifs is 1. The topological polar surface area (TPSA) is 43.1 Å². The third-order valence-corrected chi connectivity index (χ3v) is 4.26. The van der Waals surface area contributed by atoms with Gasteiger partial charge in [-0.15, -0.1) is 5.10 Å². The molecule has 2 heterocycles. The zero-order chi connectivity index (χ0) is 14.1. The number of thioether (sulfide) groups is 1. The van der Waals surface area contributed by atoms with Crippen molar-refractivity contribution in [1.29, 1.82) is 0 Å². The lowest BCUT2D eigenvalue weighted by atomic mass is 10.2. The van der Waals surface area contributed by atoms with E-state index in [1.807, 2.05) is 32.0 Å². The highest BCUT2D eigenvalue weighted by Gasteiger charge is 2.08. The molecule has 3 aromatic rings. The minimum absolute atomic E-state index is 0.666. The van der Waals surface area contributed by atoms with Crippen molar-refractivity contribution < 1.29 is 0 Å². The second kappa shape index (κ2) is 5.54. The molecule has 0 fully saturated rings. The number of hydrogen-bond acceptors (Lipinski definition) is 4. The van der Waals surface area contributed by atoms with E-state index < -0.39 is 0 Å². The van der Waals surface area contributed by atoms with E-state index in [1.165, 1.54) is 5.56 Å². The van der Waals surface area contributed by atoms with Crippen LogP contribution in [0.3, 0.4) is 0 Å². The van der Waals surface area contributed by atoms with Crippen LogP contribution in [0.2, 0.25) is 0 Å². The second-order valence-electron chi connectivity index (χ2n) is 4.56. The molecule has 0 saturated carbocycles. The van der Waals surface area contributed by atoms with E-state index in [9.17, 15) is 0 Å². The van der Waals surface area contributed by atoms with Gasteiger partial charge < -0.3 is 0 Å². The standard InChI is InChI=1S/C14H13BrN4S/c1-9-6-10(2)19-13(16-9)17-14(18-19)20-8-11-4-3-5-12(15)7-11/h3-7H,8H2,1-2H3. The van der Waals surface area contributed by atoms with Crippen molar-refractivity contribution in [2.75, 3.05) is 0 Å². The molecule has 0 N–H and O–H groups in total. The van der Waals surface area contributed by atoms with Crippen LogP contribution in [0.1, 0.15) is 17.0 Å². The number of halogens is 1. The van der Waals surface area contributed by atoms with Crippen LogP contribution < -0.4 is 0 Å². The molecule has 6 heteroatoms. The number of aromatic nitrogens is 4. The Balaban J connectivity index is 1.83. The predicted molar refractivity (Wildman–Crippen MR) is 84.0 cm³/mol. The lowest BCUT2D eigenvalue weighted by molar-refractivity contribution is 0.843. The molecule has 2 aromatic heterocycles. The number of nitrogens with zero attached hydrogens (tertiary/aromatic N) is 4. The number of aryl methyl sites for hydroxylation is 2. The fraction of sp³-hybridized carbons (Fsp3) is 0.214. The molecule has 0 atom stereocenters. The van der Waals surface area contributed by atoms with E-state index in [1.54, 1.807) is 16.3 Å². The average molecular weight is 349 g/mol. The minimum Gasteiger partial charge on any atom is -0.216 e. The van der Waals surface area contributed by atoms with Crippen LogP contribution in [0, 0.1) is 13.8 Å². The summed E-state index contributed by atoms with van der Waals surface area (Å²) in [5.41, 5.74) is 3.25. The SMILES string of the molecule is Cc1cc(C)n2nc(SCc3cccc(Br)c3)nc2n1. The first-order valence-electron chi connectivity index (χ1n) is 6.20. The van der Waals surface area contributed by atoms with Crippen molar-refractivity contribution in [3.05, 3.63) is 51.8 Å². The summed E-state index contributed by atoms with van der Waals surface area (Å²) >= 11 is 5.10. The van der Waals surface area contributed by atoms with E-state index in [0.717, 1.165) is 26.8 Å². The Bertz CT molecular complexity index is 769. The number of hydrogen-bond donors (Lipinski definition) is 0.